The number of carboxylic acids is 1. The second-order valence-electron chi connectivity index (χ2n) is 6.11. The van der Waals surface area contributed by atoms with Gasteiger partial charge in [0.25, 0.3) is 0 Å². The number of carbonyl (C=O) groups excluding carboxylic acids is 1. The summed E-state index contributed by atoms with van der Waals surface area (Å²) in [6.07, 6.45) is 1.67. The molecule has 22 heavy (non-hydrogen) atoms. The largest absolute Gasteiger partial charge is 0.480 e. The van der Waals surface area contributed by atoms with Crippen LogP contribution in [0, 0.1) is 0 Å². The average Bonchev–Trinajstić information content (AvgIpc) is 2.48. The van der Waals surface area contributed by atoms with Gasteiger partial charge in [-0.2, -0.15) is 0 Å². The van der Waals surface area contributed by atoms with E-state index in [-0.39, 0.29) is 30.6 Å². The van der Waals surface area contributed by atoms with E-state index in [9.17, 15) is 9.59 Å². The molecule has 2 rings (SSSR count). The first-order valence-corrected chi connectivity index (χ1v) is 8.09. The molecule has 0 radical (unpaired) electrons. The molecule has 7 heteroatoms. The molecule has 0 aromatic heterocycles. The number of amides is 1. The molecule has 1 unspecified atom stereocenters. The Morgan fingerprint density at radius 1 is 1.36 bits per heavy atom. The Labute approximate surface area is 131 Å². The van der Waals surface area contributed by atoms with Gasteiger partial charge >= 0.3 is 5.97 Å². The van der Waals surface area contributed by atoms with E-state index in [0.717, 1.165) is 32.5 Å². The Balaban J connectivity index is 1.72. The van der Waals surface area contributed by atoms with Crippen molar-refractivity contribution in [3.8, 4) is 0 Å². The van der Waals surface area contributed by atoms with E-state index >= 15 is 0 Å². The van der Waals surface area contributed by atoms with Gasteiger partial charge in [0, 0.05) is 25.2 Å². The van der Waals surface area contributed by atoms with E-state index in [4.69, 9.17) is 9.84 Å². The number of rotatable bonds is 7. The number of hydrogen-bond donors (Lipinski definition) is 2. The third-order valence-electron chi connectivity index (χ3n) is 4.69. The Morgan fingerprint density at radius 2 is 2.00 bits per heavy atom. The maximum Gasteiger partial charge on any atom is 0.317 e. The van der Waals surface area contributed by atoms with Crippen molar-refractivity contribution >= 4 is 11.9 Å². The van der Waals surface area contributed by atoms with Crippen LogP contribution in [0.25, 0.3) is 0 Å². The summed E-state index contributed by atoms with van der Waals surface area (Å²) in [6, 6.07) is 0.304. The molecule has 0 spiro atoms. The second-order valence-corrected chi connectivity index (χ2v) is 6.11. The molecule has 1 saturated carbocycles. The van der Waals surface area contributed by atoms with E-state index in [1.54, 1.807) is 0 Å². The van der Waals surface area contributed by atoms with Crippen LogP contribution in [0.4, 0.5) is 0 Å². The minimum Gasteiger partial charge on any atom is -0.480 e. The quantitative estimate of drug-likeness (QED) is 0.675. The Kier molecular flexibility index (Phi) is 6.16. The third kappa shape index (κ3) is 4.41. The van der Waals surface area contributed by atoms with Gasteiger partial charge in [-0.3, -0.25) is 19.4 Å². The predicted molar refractivity (Wildman–Crippen MR) is 81.7 cm³/mol. The lowest BCUT2D eigenvalue weighted by Gasteiger charge is -2.43. The molecule has 0 bridgehead atoms. The van der Waals surface area contributed by atoms with Gasteiger partial charge in [-0.15, -0.1) is 0 Å². The summed E-state index contributed by atoms with van der Waals surface area (Å²) in [6.45, 7) is 7.66. The third-order valence-corrected chi connectivity index (χ3v) is 4.69. The molecule has 2 N–H and O–H groups in total. The molecule has 126 valence electrons. The minimum atomic E-state index is -0.796. The fraction of sp³-hybridized carbons (Fsp3) is 0.867. The Morgan fingerprint density at radius 3 is 2.55 bits per heavy atom. The monoisotopic (exact) mass is 313 g/mol. The van der Waals surface area contributed by atoms with Gasteiger partial charge in [-0.25, -0.2) is 0 Å². The number of likely N-dealkylation sites (N-methyl/N-ethyl adjacent to an activating group) is 1. The minimum absolute atomic E-state index is 0.0617. The highest BCUT2D eigenvalue weighted by Gasteiger charge is 2.36. The summed E-state index contributed by atoms with van der Waals surface area (Å²) in [7, 11) is 0. The molecule has 0 aromatic carbocycles. The summed E-state index contributed by atoms with van der Waals surface area (Å²) >= 11 is 0. The van der Waals surface area contributed by atoms with Crippen LogP contribution in [0.5, 0.6) is 0 Å². The van der Waals surface area contributed by atoms with Crippen molar-refractivity contribution in [3.63, 3.8) is 0 Å². The average molecular weight is 313 g/mol. The standard InChI is InChI=1S/C15H27N3O4/c1-3-17(10-14(19)20)13-8-12(9-13)16-15(21)11(2)18-4-6-22-7-5-18/h11-13H,3-10H2,1-2H3,(H,16,21)(H,19,20). The highest BCUT2D eigenvalue weighted by molar-refractivity contribution is 5.81. The van der Waals surface area contributed by atoms with Crippen LogP contribution in [0.2, 0.25) is 0 Å². The van der Waals surface area contributed by atoms with Crippen molar-refractivity contribution in [2.75, 3.05) is 39.4 Å². The lowest BCUT2D eigenvalue weighted by Crippen LogP contribution is -2.58. The lowest BCUT2D eigenvalue weighted by atomic mass is 9.85. The molecule has 1 atom stereocenters. The van der Waals surface area contributed by atoms with E-state index in [0.29, 0.717) is 13.2 Å². The smallest absolute Gasteiger partial charge is 0.317 e. The van der Waals surface area contributed by atoms with Crippen molar-refractivity contribution in [1.29, 1.82) is 0 Å². The summed E-state index contributed by atoms with van der Waals surface area (Å²) in [5.41, 5.74) is 0. The molecule has 2 aliphatic rings. The van der Waals surface area contributed by atoms with Crippen LogP contribution in [-0.4, -0.2) is 84.3 Å². The van der Waals surface area contributed by atoms with Gasteiger partial charge in [0.05, 0.1) is 25.8 Å². The van der Waals surface area contributed by atoms with Gasteiger partial charge < -0.3 is 15.2 Å². The normalized spacial score (nSPS) is 27.2. The molecule has 1 amide bonds. The van der Waals surface area contributed by atoms with Crippen molar-refractivity contribution < 1.29 is 19.4 Å². The van der Waals surface area contributed by atoms with Crippen molar-refractivity contribution in [2.45, 2.75) is 44.8 Å². The molecule has 0 aromatic rings. The van der Waals surface area contributed by atoms with Gasteiger partial charge in [0.1, 0.15) is 0 Å². The van der Waals surface area contributed by atoms with Crippen molar-refractivity contribution in [1.82, 2.24) is 15.1 Å². The van der Waals surface area contributed by atoms with E-state index < -0.39 is 5.97 Å². The van der Waals surface area contributed by atoms with Crippen molar-refractivity contribution in [2.24, 2.45) is 0 Å². The van der Waals surface area contributed by atoms with Crippen LogP contribution in [0.3, 0.4) is 0 Å². The molecule has 2 fully saturated rings. The molecule has 1 heterocycles. The highest BCUT2D eigenvalue weighted by atomic mass is 16.5. The first-order chi connectivity index (χ1) is 10.5. The number of ether oxygens (including phenoxy) is 1. The summed E-state index contributed by atoms with van der Waals surface area (Å²) in [5.74, 6) is -0.734. The van der Waals surface area contributed by atoms with Crippen LogP contribution in [-0.2, 0) is 14.3 Å². The predicted octanol–water partition coefficient (Wildman–Crippen LogP) is -0.239. The topological polar surface area (TPSA) is 82.1 Å². The zero-order valence-corrected chi connectivity index (χ0v) is 13.5. The first-order valence-electron chi connectivity index (χ1n) is 8.09. The number of carboxylic acid groups (broad SMARTS) is 1. The van der Waals surface area contributed by atoms with Crippen LogP contribution in [0.15, 0.2) is 0 Å². The zero-order chi connectivity index (χ0) is 16.1. The molecule has 1 aliphatic heterocycles. The van der Waals surface area contributed by atoms with Crippen LogP contribution in [0.1, 0.15) is 26.7 Å². The fourth-order valence-electron chi connectivity index (χ4n) is 3.13. The SMILES string of the molecule is CCN(CC(=O)O)C1CC(NC(=O)C(C)N2CCOCC2)C1. The van der Waals surface area contributed by atoms with Crippen molar-refractivity contribution in [3.05, 3.63) is 0 Å². The Bertz CT molecular complexity index is 392. The molecule has 7 nitrogen and oxygen atoms in total. The maximum absolute atomic E-state index is 12.3. The first kappa shape index (κ1) is 17.2. The molecular weight excluding hydrogens is 286 g/mol. The second kappa shape index (κ2) is 7.89. The fourth-order valence-corrected chi connectivity index (χ4v) is 3.13. The van der Waals surface area contributed by atoms with Gasteiger partial charge in [0.15, 0.2) is 0 Å². The van der Waals surface area contributed by atoms with Crippen LogP contribution < -0.4 is 5.32 Å². The van der Waals surface area contributed by atoms with Gasteiger partial charge in [0.2, 0.25) is 5.91 Å². The molecular formula is C15H27N3O4. The number of aliphatic carboxylic acids is 1. The van der Waals surface area contributed by atoms with E-state index in [1.165, 1.54) is 0 Å². The number of nitrogens with zero attached hydrogens (tertiary/aromatic N) is 2. The molecule has 1 saturated heterocycles. The van der Waals surface area contributed by atoms with Gasteiger partial charge in [-0.1, -0.05) is 6.92 Å². The number of nitrogens with one attached hydrogen (secondary N) is 1. The number of carbonyl (C=O) groups is 2. The molecule has 1 aliphatic carbocycles. The summed E-state index contributed by atoms with van der Waals surface area (Å²) < 4.78 is 5.30. The maximum atomic E-state index is 12.3. The number of hydrogen-bond acceptors (Lipinski definition) is 5. The van der Waals surface area contributed by atoms with Gasteiger partial charge in [-0.05, 0) is 26.3 Å². The zero-order valence-electron chi connectivity index (χ0n) is 13.5. The lowest BCUT2D eigenvalue weighted by molar-refractivity contribution is -0.140. The van der Waals surface area contributed by atoms with E-state index in [2.05, 4.69) is 10.2 Å². The summed E-state index contributed by atoms with van der Waals surface area (Å²) in [5, 5.41) is 12.0. The Hall–Kier alpha value is -1.18. The highest BCUT2D eigenvalue weighted by Crippen LogP contribution is 2.25. The van der Waals surface area contributed by atoms with E-state index in [1.807, 2.05) is 18.7 Å². The van der Waals surface area contributed by atoms with Crippen LogP contribution >= 0.6 is 0 Å². The summed E-state index contributed by atoms with van der Waals surface area (Å²) in [4.78, 5) is 27.2. The number of morpholine rings is 1.